The summed E-state index contributed by atoms with van der Waals surface area (Å²) in [6, 6.07) is 12.0. The quantitative estimate of drug-likeness (QED) is 0.0317. The van der Waals surface area contributed by atoms with Crippen LogP contribution in [0, 0.1) is 0 Å². The zero-order valence-electron chi connectivity index (χ0n) is 38.9. The smallest absolute Gasteiger partial charge is 0.350 e. The SMILES string of the molecule is CCCCCCN(CCCOC(=O)/C=C(\Cl)C(=O)OCCC[N@+]1(C)CCc2cc(OC)c(OC)cc2[C@H]1Cc1cc(OC)c(OC)c(OC)c1)Cc1cc(OC)c(OC)c(OC)c1. The second kappa shape index (κ2) is 25.3. The van der Waals surface area contributed by atoms with Crippen LogP contribution in [0.3, 0.4) is 0 Å². The number of benzene rings is 3. The van der Waals surface area contributed by atoms with Gasteiger partial charge in [-0.05, 0) is 72.5 Å². The number of carbonyl (C=O) groups excluding carboxylic acids is 2. The van der Waals surface area contributed by atoms with E-state index in [9.17, 15) is 9.59 Å². The summed E-state index contributed by atoms with van der Waals surface area (Å²) in [7, 11) is 15.1. The third kappa shape index (κ3) is 13.7. The Balaban J connectivity index is 1.35. The van der Waals surface area contributed by atoms with Crippen LogP contribution >= 0.6 is 11.6 Å². The van der Waals surface area contributed by atoms with Gasteiger partial charge in [0.15, 0.2) is 34.5 Å². The molecule has 0 saturated heterocycles. The van der Waals surface area contributed by atoms with Crippen LogP contribution in [0.2, 0.25) is 0 Å². The highest BCUT2D eigenvalue weighted by atomic mass is 35.5. The lowest BCUT2D eigenvalue weighted by atomic mass is 9.86. The monoisotopic (exact) mass is 899 g/mol. The molecular formula is C48H68ClN2O12+. The minimum absolute atomic E-state index is 0.00655. The second-order valence-electron chi connectivity index (χ2n) is 15.7. The van der Waals surface area contributed by atoms with Crippen molar-refractivity contribution >= 4 is 23.5 Å². The van der Waals surface area contributed by atoms with Crippen molar-refractivity contribution in [2.24, 2.45) is 0 Å². The maximum absolute atomic E-state index is 12.9. The van der Waals surface area contributed by atoms with Gasteiger partial charge in [0.25, 0.3) is 0 Å². The van der Waals surface area contributed by atoms with Gasteiger partial charge in [-0.2, -0.15) is 0 Å². The Kier molecular flexibility index (Phi) is 20.3. The zero-order valence-corrected chi connectivity index (χ0v) is 39.7. The Morgan fingerprint density at radius 3 is 1.76 bits per heavy atom. The minimum atomic E-state index is -0.783. The number of nitrogens with zero attached hydrogens (tertiary/aromatic N) is 2. The molecular weight excluding hydrogens is 832 g/mol. The average Bonchev–Trinajstić information content (AvgIpc) is 3.29. The molecule has 3 aromatic carbocycles. The molecule has 0 aliphatic carbocycles. The van der Waals surface area contributed by atoms with E-state index in [1.54, 1.807) is 56.9 Å². The summed E-state index contributed by atoms with van der Waals surface area (Å²) in [5.74, 6) is 3.27. The van der Waals surface area contributed by atoms with Gasteiger partial charge in [0.1, 0.15) is 11.1 Å². The Bertz CT molecular complexity index is 1940. The van der Waals surface area contributed by atoms with E-state index in [-0.39, 0.29) is 24.3 Å². The standard InChI is InChI=1S/C48H68ClN2O12/c1-11-12-13-14-18-50(32-34-27-43(58-7)47(61-10)44(28-34)59-8)19-15-22-62-45(52)31-37(49)48(53)63-23-16-20-51(2)21-17-35-29-39(54-3)40(55-4)30-36(35)38(51)24-33-25-41(56-5)46(60-9)42(26-33)57-6/h25-31,38H,11-24,32H2,1-10H3/q+1/b37-31-/t38-,51-/m1/s1. The molecule has 0 amide bonds. The van der Waals surface area contributed by atoms with Crippen molar-refractivity contribution in [1.29, 1.82) is 0 Å². The molecule has 0 bridgehead atoms. The van der Waals surface area contributed by atoms with Crippen molar-refractivity contribution in [3.05, 3.63) is 69.8 Å². The number of ether oxygens (including phenoxy) is 10. The number of halogens is 1. The molecule has 1 aliphatic heterocycles. The van der Waals surface area contributed by atoms with Gasteiger partial charge in [0.05, 0.1) is 90.2 Å². The summed E-state index contributed by atoms with van der Waals surface area (Å²) in [5, 5.41) is -0.339. The van der Waals surface area contributed by atoms with E-state index in [1.165, 1.54) is 12.0 Å². The van der Waals surface area contributed by atoms with Gasteiger partial charge >= 0.3 is 11.9 Å². The first kappa shape index (κ1) is 50.6. The first-order valence-corrected chi connectivity index (χ1v) is 21.9. The van der Waals surface area contributed by atoms with Crippen molar-refractivity contribution in [3.63, 3.8) is 0 Å². The normalized spacial score (nSPS) is 15.9. The van der Waals surface area contributed by atoms with E-state index in [4.69, 9.17) is 59.0 Å². The molecule has 1 aliphatic rings. The molecule has 0 spiro atoms. The molecule has 0 aromatic heterocycles. The van der Waals surface area contributed by atoms with Crippen LogP contribution in [0.25, 0.3) is 0 Å². The number of quaternary nitrogens is 1. The highest BCUT2D eigenvalue weighted by Crippen LogP contribution is 2.45. The fraction of sp³-hybridized carbons (Fsp3) is 0.542. The van der Waals surface area contributed by atoms with Gasteiger partial charge in [-0.15, -0.1) is 0 Å². The van der Waals surface area contributed by atoms with E-state index in [1.807, 2.05) is 24.3 Å². The number of likely N-dealkylation sites (N-methyl/N-ethyl adjacent to an activating group) is 1. The number of methoxy groups -OCH3 is 8. The number of unbranched alkanes of at least 4 members (excludes halogenated alkanes) is 3. The predicted molar refractivity (Wildman–Crippen MR) is 242 cm³/mol. The van der Waals surface area contributed by atoms with E-state index in [2.05, 4.69) is 31.0 Å². The molecule has 0 unspecified atom stereocenters. The van der Waals surface area contributed by atoms with Crippen molar-refractivity contribution in [1.82, 2.24) is 4.90 Å². The summed E-state index contributed by atoms with van der Waals surface area (Å²) in [6.07, 6.45) is 8.08. The van der Waals surface area contributed by atoms with Crippen LogP contribution in [-0.4, -0.2) is 125 Å². The van der Waals surface area contributed by atoms with Gasteiger partial charge in [-0.25, -0.2) is 9.59 Å². The number of hydrogen-bond donors (Lipinski definition) is 0. The largest absolute Gasteiger partial charge is 0.493 e. The molecule has 14 nitrogen and oxygen atoms in total. The molecule has 0 radical (unpaired) electrons. The Hall–Kier alpha value is -5.05. The Labute approximate surface area is 378 Å². The fourth-order valence-corrected chi connectivity index (χ4v) is 8.39. The molecule has 15 heteroatoms. The van der Waals surface area contributed by atoms with Crippen molar-refractivity contribution in [2.45, 2.75) is 70.9 Å². The van der Waals surface area contributed by atoms with E-state index < -0.39 is 11.9 Å². The zero-order chi connectivity index (χ0) is 45.9. The number of esters is 2. The summed E-state index contributed by atoms with van der Waals surface area (Å²) in [6.45, 7) is 6.19. The van der Waals surface area contributed by atoms with Crippen LogP contribution in [0.15, 0.2) is 47.5 Å². The highest BCUT2D eigenvalue weighted by Gasteiger charge is 2.40. The van der Waals surface area contributed by atoms with Crippen LogP contribution in [0.5, 0.6) is 46.0 Å². The highest BCUT2D eigenvalue weighted by molar-refractivity contribution is 6.42. The third-order valence-electron chi connectivity index (χ3n) is 11.6. The van der Waals surface area contributed by atoms with Crippen LogP contribution in [0.1, 0.15) is 73.7 Å². The molecule has 348 valence electrons. The van der Waals surface area contributed by atoms with Gasteiger partial charge in [0, 0.05) is 44.0 Å². The number of carbonyl (C=O) groups is 2. The van der Waals surface area contributed by atoms with E-state index in [0.717, 1.165) is 61.5 Å². The first-order chi connectivity index (χ1) is 30.4. The molecule has 63 heavy (non-hydrogen) atoms. The molecule has 0 N–H and O–H groups in total. The van der Waals surface area contributed by atoms with Gasteiger partial charge in [-0.3, -0.25) is 4.90 Å². The molecule has 1 heterocycles. The summed E-state index contributed by atoms with van der Waals surface area (Å²) in [4.78, 5) is 28.0. The maximum Gasteiger partial charge on any atom is 0.350 e. The minimum Gasteiger partial charge on any atom is -0.493 e. The number of hydrogen-bond acceptors (Lipinski definition) is 13. The second-order valence-corrected chi connectivity index (χ2v) is 16.1. The molecule has 3 aromatic rings. The molecule has 0 saturated carbocycles. The molecule has 4 rings (SSSR count). The lowest BCUT2D eigenvalue weighted by Crippen LogP contribution is -2.52. The van der Waals surface area contributed by atoms with Crippen LogP contribution < -0.4 is 37.9 Å². The predicted octanol–water partition coefficient (Wildman–Crippen LogP) is 8.11. The molecule has 2 atom stereocenters. The number of rotatable bonds is 27. The lowest BCUT2D eigenvalue weighted by molar-refractivity contribution is -0.941. The maximum atomic E-state index is 12.9. The van der Waals surface area contributed by atoms with Gasteiger partial charge < -0.3 is 51.9 Å². The summed E-state index contributed by atoms with van der Waals surface area (Å²) < 4.78 is 56.6. The molecule has 0 fully saturated rings. The van der Waals surface area contributed by atoms with Crippen molar-refractivity contribution in [2.75, 3.05) is 103 Å². The summed E-state index contributed by atoms with van der Waals surface area (Å²) >= 11 is 6.28. The van der Waals surface area contributed by atoms with Crippen LogP contribution in [0.4, 0.5) is 0 Å². The summed E-state index contributed by atoms with van der Waals surface area (Å²) in [5.41, 5.74) is 4.35. The van der Waals surface area contributed by atoms with Gasteiger partial charge in [-0.1, -0.05) is 37.8 Å². The van der Waals surface area contributed by atoms with Crippen molar-refractivity contribution < 1.29 is 61.4 Å². The van der Waals surface area contributed by atoms with Crippen LogP contribution in [-0.2, 0) is 38.4 Å². The first-order valence-electron chi connectivity index (χ1n) is 21.5. The van der Waals surface area contributed by atoms with E-state index in [0.29, 0.717) is 89.4 Å². The Morgan fingerprint density at radius 1 is 0.667 bits per heavy atom. The Morgan fingerprint density at radius 2 is 1.21 bits per heavy atom. The topological polar surface area (TPSA) is 130 Å². The van der Waals surface area contributed by atoms with Gasteiger partial charge in [0.2, 0.25) is 11.5 Å². The van der Waals surface area contributed by atoms with E-state index >= 15 is 0 Å². The third-order valence-corrected chi connectivity index (χ3v) is 11.9. The average molecular weight is 901 g/mol. The lowest BCUT2D eigenvalue weighted by Gasteiger charge is -2.46. The van der Waals surface area contributed by atoms with Crippen molar-refractivity contribution in [3.8, 4) is 46.0 Å². The fourth-order valence-electron chi connectivity index (χ4n) is 8.25. The number of fused-ring (bicyclic) bond motifs is 1.